The van der Waals surface area contributed by atoms with Crippen molar-refractivity contribution in [2.24, 2.45) is 0 Å². The fourth-order valence-electron chi connectivity index (χ4n) is 2.39. The van der Waals surface area contributed by atoms with Gasteiger partial charge < -0.3 is 5.32 Å². The lowest BCUT2D eigenvalue weighted by Gasteiger charge is -2.17. The normalized spacial score (nSPS) is 11.7. The van der Waals surface area contributed by atoms with Crippen molar-refractivity contribution < 1.29 is 13.2 Å². The number of aromatic nitrogens is 2. The monoisotopic (exact) mass is 350 g/mol. The largest absolute Gasteiger partial charge is 0.325 e. The van der Waals surface area contributed by atoms with E-state index < -0.39 is 15.9 Å². The number of carbonyl (C=O) groups excluding carboxylic acids is 1. The van der Waals surface area contributed by atoms with Crippen molar-refractivity contribution in [3.63, 3.8) is 0 Å². The molecule has 7 nitrogen and oxygen atoms in total. The quantitative estimate of drug-likeness (QED) is 0.831. The Hall–Kier alpha value is -2.19. The summed E-state index contributed by atoms with van der Waals surface area (Å²) in [6.45, 7) is 5.02. The number of amides is 1. The third-order valence-corrected chi connectivity index (χ3v) is 5.81. The lowest BCUT2D eigenvalue weighted by molar-refractivity contribution is -0.116. The van der Waals surface area contributed by atoms with E-state index in [-0.39, 0.29) is 11.4 Å². The number of hydrogen-bond acceptors (Lipinski definition) is 4. The summed E-state index contributed by atoms with van der Waals surface area (Å²) in [5.74, 6) is -0.399. The zero-order valence-corrected chi connectivity index (χ0v) is 15.1. The number of anilines is 1. The molecule has 0 spiro atoms. The van der Waals surface area contributed by atoms with Crippen LogP contribution in [0.5, 0.6) is 0 Å². The molecule has 0 aliphatic carbocycles. The molecule has 0 aliphatic heterocycles. The minimum Gasteiger partial charge on any atom is -0.325 e. The maximum Gasteiger partial charge on any atom is 0.246 e. The molecule has 0 saturated heterocycles. The SMILES string of the molecule is CCc1ccc(NC(=O)CN(C)S(=O)(=O)c2c(C)n[nH]c2C)cc1. The van der Waals surface area contributed by atoms with Crippen LogP contribution < -0.4 is 5.32 Å². The first kappa shape index (κ1) is 18.2. The predicted octanol–water partition coefficient (Wildman–Crippen LogP) is 1.85. The Morgan fingerprint density at radius 3 is 2.38 bits per heavy atom. The average Bonchev–Trinajstić information content (AvgIpc) is 2.87. The van der Waals surface area contributed by atoms with Crippen LogP contribution in [0.1, 0.15) is 23.9 Å². The Bertz CT molecular complexity index is 806. The molecule has 0 radical (unpaired) electrons. The summed E-state index contributed by atoms with van der Waals surface area (Å²) in [5, 5.41) is 9.24. The molecule has 0 unspecified atom stereocenters. The van der Waals surface area contributed by atoms with Crippen LogP contribution in [0.3, 0.4) is 0 Å². The molecule has 2 N–H and O–H groups in total. The zero-order chi connectivity index (χ0) is 17.9. The van der Waals surface area contributed by atoms with Crippen molar-refractivity contribution >= 4 is 21.6 Å². The molecular formula is C16H22N4O3S. The van der Waals surface area contributed by atoms with Crippen molar-refractivity contribution in [1.29, 1.82) is 0 Å². The van der Waals surface area contributed by atoms with Crippen LogP contribution in [0.2, 0.25) is 0 Å². The second-order valence-electron chi connectivity index (χ2n) is 5.62. The summed E-state index contributed by atoms with van der Waals surface area (Å²) in [7, 11) is -2.40. The molecule has 1 heterocycles. The van der Waals surface area contributed by atoms with Gasteiger partial charge in [0.1, 0.15) is 4.90 Å². The molecule has 130 valence electrons. The van der Waals surface area contributed by atoms with Crippen LogP contribution in [0, 0.1) is 13.8 Å². The number of rotatable bonds is 6. The second-order valence-corrected chi connectivity index (χ2v) is 7.60. The number of carbonyl (C=O) groups is 1. The third kappa shape index (κ3) is 3.82. The first-order valence-electron chi connectivity index (χ1n) is 7.62. The number of likely N-dealkylation sites (N-methyl/N-ethyl adjacent to an activating group) is 1. The maximum atomic E-state index is 12.6. The topological polar surface area (TPSA) is 95.2 Å². The first-order valence-corrected chi connectivity index (χ1v) is 9.06. The van der Waals surface area contributed by atoms with Crippen LogP contribution in [-0.2, 0) is 21.2 Å². The van der Waals surface area contributed by atoms with Crippen LogP contribution >= 0.6 is 0 Å². The van der Waals surface area contributed by atoms with Gasteiger partial charge in [-0.15, -0.1) is 0 Å². The van der Waals surface area contributed by atoms with Gasteiger partial charge in [0.05, 0.1) is 17.9 Å². The molecule has 0 fully saturated rings. The van der Waals surface area contributed by atoms with E-state index in [1.165, 1.54) is 12.6 Å². The molecule has 0 saturated carbocycles. The van der Waals surface area contributed by atoms with E-state index in [1.54, 1.807) is 26.0 Å². The maximum absolute atomic E-state index is 12.6. The summed E-state index contributed by atoms with van der Waals surface area (Å²) in [6.07, 6.45) is 0.915. The fourth-order valence-corrected chi connectivity index (χ4v) is 3.84. The van der Waals surface area contributed by atoms with Crippen LogP contribution in [0.25, 0.3) is 0 Å². The molecular weight excluding hydrogens is 328 g/mol. The number of aryl methyl sites for hydroxylation is 3. The number of benzene rings is 1. The second kappa shape index (κ2) is 7.14. The van der Waals surface area contributed by atoms with Gasteiger partial charge in [-0.1, -0.05) is 19.1 Å². The average molecular weight is 350 g/mol. The van der Waals surface area contributed by atoms with Crippen LogP contribution in [-0.4, -0.2) is 42.4 Å². The molecule has 1 amide bonds. The van der Waals surface area contributed by atoms with Gasteiger partial charge in [0.25, 0.3) is 0 Å². The Morgan fingerprint density at radius 2 is 1.88 bits per heavy atom. The summed E-state index contributed by atoms with van der Waals surface area (Å²) < 4.78 is 26.2. The van der Waals surface area contributed by atoms with Crippen molar-refractivity contribution in [3.05, 3.63) is 41.2 Å². The Balaban J connectivity index is 2.07. The lowest BCUT2D eigenvalue weighted by Crippen LogP contribution is -2.35. The van der Waals surface area contributed by atoms with Gasteiger partial charge in [-0.2, -0.15) is 9.40 Å². The van der Waals surface area contributed by atoms with E-state index in [0.717, 1.165) is 10.7 Å². The van der Waals surface area contributed by atoms with Gasteiger partial charge in [-0.05, 0) is 38.0 Å². The number of sulfonamides is 1. The van der Waals surface area contributed by atoms with Gasteiger partial charge in [0.15, 0.2) is 0 Å². The van der Waals surface area contributed by atoms with Crippen LogP contribution in [0.15, 0.2) is 29.2 Å². The van der Waals surface area contributed by atoms with E-state index in [4.69, 9.17) is 0 Å². The van der Waals surface area contributed by atoms with Crippen molar-refractivity contribution in [2.75, 3.05) is 18.9 Å². The molecule has 1 aromatic carbocycles. The molecule has 0 aliphatic rings. The van der Waals surface area contributed by atoms with Crippen molar-refractivity contribution in [3.8, 4) is 0 Å². The van der Waals surface area contributed by atoms with Gasteiger partial charge in [-0.25, -0.2) is 8.42 Å². The molecule has 0 atom stereocenters. The smallest absolute Gasteiger partial charge is 0.246 e. The number of aromatic amines is 1. The molecule has 1 aromatic heterocycles. The highest BCUT2D eigenvalue weighted by Crippen LogP contribution is 2.20. The number of H-pyrrole nitrogens is 1. The molecule has 24 heavy (non-hydrogen) atoms. The zero-order valence-electron chi connectivity index (χ0n) is 14.3. The third-order valence-electron chi connectivity index (χ3n) is 3.74. The number of nitrogens with one attached hydrogen (secondary N) is 2. The van der Waals surface area contributed by atoms with Crippen molar-refractivity contribution in [2.45, 2.75) is 32.1 Å². The number of nitrogens with zero attached hydrogens (tertiary/aromatic N) is 2. The molecule has 2 aromatic rings. The van der Waals surface area contributed by atoms with E-state index in [2.05, 4.69) is 15.5 Å². The number of hydrogen-bond donors (Lipinski definition) is 2. The van der Waals surface area contributed by atoms with Crippen LogP contribution in [0.4, 0.5) is 5.69 Å². The highest BCUT2D eigenvalue weighted by atomic mass is 32.2. The highest BCUT2D eigenvalue weighted by Gasteiger charge is 2.28. The summed E-state index contributed by atoms with van der Waals surface area (Å²) in [5.41, 5.74) is 2.64. The van der Waals surface area contributed by atoms with Gasteiger partial charge in [-0.3, -0.25) is 9.89 Å². The minimum atomic E-state index is -3.78. The first-order chi connectivity index (χ1) is 11.3. The highest BCUT2D eigenvalue weighted by molar-refractivity contribution is 7.89. The predicted molar refractivity (Wildman–Crippen MR) is 92.3 cm³/mol. The Kier molecular flexibility index (Phi) is 5.40. The van der Waals surface area contributed by atoms with Gasteiger partial charge in [0.2, 0.25) is 15.9 Å². The Morgan fingerprint density at radius 1 is 1.25 bits per heavy atom. The lowest BCUT2D eigenvalue weighted by atomic mass is 10.1. The van der Waals surface area contributed by atoms with E-state index >= 15 is 0 Å². The Labute approximate surface area is 142 Å². The minimum absolute atomic E-state index is 0.116. The molecule has 8 heteroatoms. The fraction of sp³-hybridized carbons (Fsp3) is 0.375. The summed E-state index contributed by atoms with van der Waals surface area (Å²) in [4.78, 5) is 12.2. The van der Waals surface area contributed by atoms with Gasteiger partial charge in [0, 0.05) is 12.7 Å². The van der Waals surface area contributed by atoms with Crippen molar-refractivity contribution in [1.82, 2.24) is 14.5 Å². The van der Waals surface area contributed by atoms with E-state index in [9.17, 15) is 13.2 Å². The molecule has 2 rings (SSSR count). The van der Waals surface area contributed by atoms with Gasteiger partial charge >= 0.3 is 0 Å². The summed E-state index contributed by atoms with van der Waals surface area (Å²) in [6, 6.07) is 7.45. The van der Waals surface area contributed by atoms with E-state index in [0.29, 0.717) is 17.1 Å². The standard InChI is InChI=1S/C16H22N4O3S/c1-5-13-6-8-14(9-7-13)17-15(21)10-20(4)24(22,23)16-11(2)18-19-12(16)3/h6-9H,5,10H2,1-4H3,(H,17,21)(H,18,19). The summed E-state index contributed by atoms with van der Waals surface area (Å²) >= 11 is 0. The molecule has 0 bridgehead atoms. The van der Waals surface area contributed by atoms with E-state index in [1.807, 2.05) is 19.1 Å².